The van der Waals surface area contributed by atoms with Gasteiger partial charge in [0.25, 0.3) is 5.91 Å². The number of ether oxygens (including phenoxy) is 1. The average Bonchev–Trinajstić information content (AvgIpc) is 2.95. The molecule has 1 amide bonds. The largest absolute Gasteiger partial charge is 0.496 e. The number of rotatable bonds is 6. The highest BCUT2D eigenvalue weighted by Gasteiger charge is 2.16. The predicted octanol–water partition coefficient (Wildman–Crippen LogP) is 2.96. The maximum atomic E-state index is 12.5. The summed E-state index contributed by atoms with van der Waals surface area (Å²) in [6, 6.07) is 4.10. The van der Waals surface area contributed by atoms with Crippen LogP contribution in [0.2, 0.25) is 0 Å². The van der Waals surface area contributed by atoms with Gasteiger partial charge in [0.15, 0.2) is 0 Å². The fourth-order valence-corrected chi connectivity index (χ4v) is 3.43. The first-order valence-corrected chi connectivity index (χ1v) is 8.38. The molecule has 7 heteroatoms. The van der Waals surface area contributed by atoms with Gasteiger partial charge in [0.1, 0.15) is 11.4 Å². The molecular formula is C17H24ClN3O2S. The Hall–Kier alpha value is -1.63. The second-order valence-corrected chi connectivity index (χ2v) is 6.53. The van der Waals surface area contributed by atoms with Crippen LogP contribution in [0, 0.1) is 13.8 Å². The van der Waals surface area contributed by atoms with Crippen molar-refractivity contribution in [3.63, 3.8) is 0 Å². The normalized spacial score (nSPS) is 10.2. The lowest BCUT2D eigenvalue weighted by atomic mass is 10.1. The Bertz CT molecular complexity index is 680. The van der Waals surface area contributed by atoms with E-state index in [4.69, 9.17) is 10.5 Å². The summed E-state index contributed by atoms with van der Waals surface area (Å²) in [6.07, 6.45) is 0.707. The van der Waals surface area contributed by atoms with Gasteiger partial charge >= 0.3 is 0 Å². The van der Waals surface area contributed by atoms with Gasteiger partial charge in [0, 0.05) is 25.4 Å². The molecule has 0 spiro atoms. The second-order valence-electron chi connectivity index (χ2n) is 5.59. The van der Waals surface area contributed by atoms with E-state index in [0.29, 0.717) is 25.2 Å². The van der Waals surface area contributed by atoms with Crippen molar-refractivity contribution in [1.82, 2.24) is 9.88 Å². The predicted molar refractivity (Wildman–Crippen MR) is 100 cm³/mol. The molecule has 0 saturated heterocycles. The number of hydrogen-bond acceptors (Lipinski definition) is 5. The Balaban J connectivity index is 0.00000288. The number of thiazole rings is 1. The molecule has 132 valence electrons. The molecule has 2 rings (SSSR count). The lowest BCUT2D eigenvalue weighted by Gasteiger charge is -2.18. The van der Waals surface area contributed by atoms with E-state index in [9.17, 15) is 4.79 Å². The number of nitrogens with zero attached hydrogens (tertiary/aromatic N) is 2. The average molecular weight is 370 g/mol. The van der Waals surface area contributed by atoms with E-state index in [2.05, 4.69) is 17.1 Å². The number of benzene rings is 1. The van der Waals surface area contributed by atoms with Crippen molar-refractivity contribution in [2.75, 3.05) is 20.7 Å². The van der Waals surface area contributed by atoms with Gasteiger partial charge in [0.05, 0.1) is 12.1 Å². The smallest absolute Gasteiger partial charge is 0.273 e. The first-order valence-electron chi connectivity index (χ1n) is 7.50. The van der Waals surface area contributed by atoms with Crippen molar-refractivity contribution in [3.8, 4) is 5.75 Å². The highest BCUT2D eigenvalue weighted by molar-refractivity contribution is 7.09. The quantitative estimate of drug-likeness (QED) is 0.849. The molecule has 2 N–H and O–H groups in total. The number of carbonyl (C=O) groups excluding carboxylic acids is 1. The van der Waals surface area contributed by atoms with Gasteiger partial charge in [-0.3, -0.25) is 4.79 Å². The first-order chi connectivity index (χ1) is 11.0. The second kappa shape index (κ2) is 9.01. The van der Waals surface area contributed by atoms with E-state index in [0.717, 1.165) is 27.4 Å². The Morgan fingerprint density at radius 3 is 2.50 bits per heavy atom. The SMILES string of the molecule is COc1c(C)cc(CN(C)C(=O)c2csc(CCN)n2)cc1C.Cl. The summed E-state index contributed by atoms with van der Waals surface area (Å²) >= 11 is 1.48. The molecule has 24 heavy (non-hydrogen) atoms. The van der Waals surface area contributed by atoms with Crippen molar-refractivity contribution in [3.05, 3.63) is 44.9 Å². The van der Waals surface area contributed by atoms with Gasteiger partial charge in [0.2, 0.25) is 0 Å². The van der Waals surface area contributed by atoms with Crippen molar-refractivity contribution < 1.29 is 9.53 Å². The van der Waals surface area contributed by atoms with Crippen LogP contribution in [0.15, 0.2) is 17.5 Å². The lowest BCUT2D eigenvalue weighted by Crippen LogP contribution is -2.26. The Morgan fingerprint density at radius 1 is 1.33 bits per heavy atom. The summed E-state index contributed by atoms with van der Waals surface area (Å²) < 4.78 is 5.38. The summed E-state index contributed by atoms with van der Waals surface area (Å²) in [4.78, 5) is 18.5. The van der Waals surface area contributed by atoms with E-state index in [-0.39, 0.29) is 18.3 Å². The molecule has 5 nitrogen and oxygen atoms in total. The zero-order chi connectivity index (χ0) is 17.0. The Labute approximate surface area is 153 Å². The van der Waals surface area contributed by atoms with Crippen LogP contribution < -0.4 is 10.5 Å². The molecule has 0 atom stereocenters. The van der Waals surface area contributed by atoms with Crippen LogP contribution in [-0.4, -0.2) is 36.5 Å². The minimum atomic E-state index is -0.0735. The third kappa shape index (κ3) is 4.69. The fraction of sp³-hybridized carbons (Fsp3) is 0.412. The van der Waals surface area contributed by atoms with E-state index in [1.165, 1.54) is 11.3 Å². The van der Waals surface area contributed by atoms with Gasteiger partial charge in [-0.1, -0.05) is 12.1 Å². The zero-order valence-electron chi connectivity index (χ0n) is 14.5. The van der Waals surface area contributed by atoms with Crippen molar-refractivity contribution >= 4 is 29.7 Å². The van der Waals surface area contributed by atoms with Crippen molar-refractivity contribution in [2.24, 2.45) is 5.73 Å². The molecule has 0 aliphatic rings. The Kier molecular flexibility index (Phi) is 7.66. The highest BCUT2D eigenvalue weighted by Crippen LogP contribution is 2.25. The standard InChI is InChI=1S/C17H23N3O2S.ClH/c1-11-7-13(8-12(2)16(11)22-4)9-20(3)17(21)14-10-23-15(19-14)5-6-18;/h7-8,10H,5-6,9,18H2,1-4H3;1H. The molecule has 0 aliphatic carbocycles. The molecular weight excluding hydrogens is 346 g/mol. The molecule has 1 aromatic heterocycles. The third-order valence-corrected chi connectivity index (χ3v) is 4.53. The van der Waals surface area contributed by atoms with Gasteiger partial charge in [-0.15, -0.1) is 23.7 Å². The summed E-state index contributed by atoms with van der Waals surface area (Å²) in [5.41, 5.74) is 9.23. The van der Waals surface area contributed by atoms with Crippen molar-refractivity contribution in [2.45, 2.75) is 26.8 Å². The zero-order valence-corrected chi connectivity index (χ0v) is 16.1. The van der Waals surface area contributed by atoms with Gasteiger partial charge in [-0.05, 0) is 37.1 Å². The lowest BCUT2D eigenvalue weighted by molar-refractivity contribution is 0.0780. The number of halogens is 1. The minimum Gasteiger partial charge on any atom is -0.496 e. The molecule has 0 fully saturated rings. The Morgan fingerprint density at radius 2 is 1.96 bits per heavy atom. The van der Waals surface area contributed by atoms with Crippen LogP contribution >= 0.6 is 23.7 Å². The molecule has 0 bridgehead atoms. The molecule has 1 aromatic carbocycles. The number of nitrogens with two attached hydrogens (primary N) is 1. The summed E-state index contributed by atoms with van der Waals surface area (Å²) in [5.74, 6) is 0.823. The van der Waals surface area contributed by atoms with Crippen LogP contribution in [0.25, 0.3) is 0 Å². The van der Waals surface area contributed by atoms with E-state index in [1.807, 2.05) is 13.8 Å². The van der Waals surface area contributed by atoms with E-state index in [1.54, 1.807) is 24.4 Å². The summed E-state index contributed by atoms with van der Waals surface area (Å²) in [6.45, 7) is 5.10. The van der Waals surface area contributed by atoms with Gasteiger partial charge in [-0.2, -0.15) is 0 Å². The van der Waals surface area contributed by atoms with E-state index < -0.39 is 0 Å². The summed E-state index contributed by atoms with van der Waals surface area (Å²) in [5, 5.41) is 2.70. The molecule has 0 unspecified atom stereocenters. The molecule has 0 aliphatic heterocycles. The van der Waals surface area contributed by atoms with Crippen LogP contribution in [-0.2, 0) is 13.0 Å². The van der Waals surface area contributed by atoms with Crippen LogP contribution in [0.3, 0.4) is 0 Å². The monoisotopic (exact) mass is 369 g/mol. The van der Waals surface area contributed by atoms with Gasteiger partial charge < -0.3 is 15.4 Å². The molecule has 0 saturated carbocycles. The minimum absolute atomic E-state index is 0. The highest BCUT2D eigenvalue weighted by atomic mass is 35.5. The van der Waals surface area contributed by atoms with Gasteiger partial charge in [-0.25, -0.2) is 4.98 Å². The number of methoxy groups -OCH3 is 1. The molecule has 2 aromatic rings. The van der Waals surface area contributed by atoms with Crippen molar-refractivity contribution in [1.29, 1.82) is 0 Å². The number of hydrogen-bond donors (Lipinski definition) is 1. The molecule has 0 radical (unpaired) electrons. The maximum Gasteiger partial charge on any atom is 0.273 e. The maximum absolute atomic E-state index is 12.5. The number of aromatic nitrogens is 1. The third-order valence-electron chi connectivity index (χ3n) is 3.62. The van der Waals surface area contributed by atoms with Crippen LogP contribution in [0.1, 0.15) is 32.2 Å². The topological polar surface area (TPSA) is 68.5 Å². The number of aryl methyl sites for hydroxylation is 2. The number of amides is 1. The molecule has 1 heterocycles. The summed E-state index contributed by atoms with van der Waals surface area (Å²) in [7, 11) is 3.46. The van der Waals surface area contributed by atoms with Crippen LogP contribution in [0.5, 0.6) is 5.75 Å². The number of carbonyl (C=O) groups is 1. The fourth-order valence-electron chi connectivity index (χ4n) is 2.64. The first kappa shape index (κ1) is 20.4. The van der Waals surface area contributed by atoms with Crippen LogP contribution in [0.4, 0.5) is 0 Å². The van der Waals surface area contributed by atoms with E-state index >= 15 is 0 Å².